The summed E-state index contributed by atoms with van der Waals surface area (Å²) in [5, 5.41) is 12.7. The van der Waals surface area contributed by atoms with Crippen LogP contribution in [0.15, 0.2) is 48.5 Å². The third kappa shape index (κ3) is 3.92. The average molecular weight is 271 g/mol. The van der Waals surface area contributed by atoms with Gasteiger partial charge in [-0.05, 0) is 61.4 Å². The first kappa shape index (κ1) is 14.3. The number of rotatable bonds is 5. The van der Waals surface area contributed by atoms with Crippen molar-refractivity contribution in [2.24, 2.45) is 5.92 Å². The van der Waals surface area contributed by atoms with E-state index < -0.39 is 0 Å². The van der Waals surface area contributed by atoms with E-state index in [2.05, 4.69) is 26.1 Å². The molecule has 1 unspecified atom stereocenters. The molecule has 3 heteroatoms. The zero-order chi connectivity index (χ0) is 14.5. The first-order valence-corrected chi connectivity index (χ1v) is 6.88. The van der Waals surface area contributed by atoms with Gasteiger partial charge in [0.05, 0.1) is 0 Å². The molecule has 0 saturated heterocycles. The minimum Gasteiger partial charge on any atom is -0.508 e. The van der Waals surface area contributed by atoms with E-state index in [1.807, 2.05) is 24.3 Å². The van der Waals surface area contributed by atoms with Gasteiger partial charge in [0.1, 0.15) is 17.2 Å². The van der Waals surface area contributed by atoms with E-state index in [1.54, 1.807) is 24.3 Å². The number of phenolic OH excluding ortho intramolecular Hbond substituents is 1. The van der Waals surface area contributed by atoms with Crippen LogP contribution < -0.4 is 10.1 Å². The van der Waals surface area contributed by atoms with Crippen molar-refractivity contribution in [3.8, 4) is 17.2 Å². The lowest BCUT2D eigenvalue weighted by atomic mass is 10.1. The zero-order valence-electron chi connectivity index (χ0n) is 12.1. The van der Waals surface area contributed by atoms with Crippen LogP contribution in [-0.4, -0.2) is 11.1 Å². The maximum atomic E-state index is 9.22. The number of hydrogen-bond donors (Lipinski definition) is 2. The summed E-state index contributed by atoms with van der Waals surface area (Å²) in [5.41, 5.74) is 1.09. The predicted octanol–water partition coefficient (Wildman–Crippen LogP) is 4.64. The molecule has 2 aromatic rings. The van der Waals surface area contributed by atoms with Crippen molar-refractivity contribution >= 4 is 5.69 Å². The molecule has 2 aromatic carbocycles. The molecule has 0 heterocycles. The molecule has 0 bridgehead atoms. The van der Waals surface area contributed by atoms with E-state index in [-0.39, 0.29) is 5.75 Å². The second-order valence-electron chi connectivity index (χ2n) is 5.30. The Balaban J connectivity index is 1.99. The molecule has 0 aliphatic carbocycles. The zero-order valence-corrected chi connectivity index (χ0v) is 12.1. The van der Waals surface area contributed by atoms with Crippen LogP contribution in [0.5, 0.6) is 17.2 Å². The first-order valence-electron chi connectivity index (χ1n) is 6.88. The molecule has 2 N–H and O–H groups in total. The number of hydrogen-bond acceptors (Lipinski definition) is 3. The smallest absolute Gasteiger partial charge is 0.127 e. The van der Waals surface area contributed by atoms with Gasteiger partial charge in [-0.1, -0.05) is 13.8 Å². The topological polar surface area (TPSA) is 41.5 Å². The third-order valence-electron chi connectivity index (χ3n) is 3.32. The second-order valence-corrected chi connectivity index (χ2v) is 5.30. The van der Waals surface area contributed by atoms with E-state index in [9.17, 15) is 5.11 Å². The van der Waals surface area contributed by atoms with Crippen molar-refractivity contribution in [1.29, 1.82) is 0 Å². The Morgan fingerprint density at radius 1 is 0.850 bits per heavy atom. The number of nitrogens with one attached hydrogen (secondary N) is 1. The molecule has 0 fully saturated rings. The van der Waals surface area contributed by atoms with Crippen LogP contribution in [0.3, 0.4) is 0 Å². The Morgan fingerprint density at radius 3 is 1.85 bits per heavy atom. The Labute approximate surface area is 120 Å². The lowest BCUT2D eigenvalue weighted by Gasteiger charge is -2.19. The van der Waals surface area contributed by atoms with Gasteiger partial charge in [0.25, 0.3) is 0 Å². The highest BCUT2D eigenvalue weighted by Gasteiger charge is 2.06. The standard InChI is InChI=1S/C17H21NO2/c1-12(2)13(3)18-14-4-8-16(9-5-14)20-17-10-6-15(19)7-11-17/h4-13,18-19H,1-3H3. The van der Waals surface area contributed by atoms with Gasteiger partial charge in [0.2, 0.25) is 0 Å². The molecule has 0 aliphatic heterocycles. The Hall–Kier alpha value is -2.16. The average Bonchev–Trinajstić information content (AvgIpc) is 2.43. The van der Waals surface area contributed by atoms with E-state index >= 15 is 0 Å². The fourth-order valence-electron chi connectivity index (χ4n) is 1.70. The van der Waals surface area contributed by atoms with E-state index in [0.717, 1.165) is 11.4 Å². The minimum absolute atomic E-state index is 0.236. The quantitative estimate of drug-likeness (QED) is 0.832. The van der Waals surface area contributed by atoms with Crippen molar-refractivity contribution in [1.82, 2.24) is 0 Å². The lowest BCUT2D eigenvalue weighted by molar-refractivity contribution is 0.464. The maximum Gasteiger partial charge on any atom is 0.127 e. The summed E-state index contributed by atoms with van der Waals surface area (Å²) in [4.78, 5) is 0. The normalized spacial score (nSPS) is 12.2. The predicted molar refractivity (Wildman–Crippen MR) is 82.5 cm³/mol. The first-order chi connectivity index (χ1) is 9.54. The fraction of sp³-hybridized carbons (Fsp3) is 0.294. The van der Waals surface area contributed by atoms with E-state index in [4.69, 9.17) is 4.74 Å². The second kappa shape index (κ2) is 6.33. The highest BCUT2D eigenvalue weighted by atomic mass is 16.5. The number of benzene rings is 2. The largest absolute Gasteiger partial charge is 0.508 e. The van der Waals surface area contributed by atoms with Gasteiger partial charge >= 0.3 is 0 Å². The highest BCUT2D eigenvalue weighted by Crippen LogP contribution is 2.25. The van der Waals surface area contributed by atoms with Crippen molar-refractivity contribution in [3.05, 3.63) is 48.5 Å². The van der Waals surface area contributed by atoms with E-state index in [1.165, 1.54) is 0 Å². The Kier molecular flexibility index (Phi) is 4.51. The van der Waals surface area contributed by atoms with Crippen LogP contribution in [0.25, 0.3) is 0 Å². The van der Waals surface area contributed by atoms with Crippen molar-refractivity contribution in [2.75, 3.05) is 5.32 Å². The molecule has 2 rings (SSSR count). The molecule has 0 amide bonds. The number of aromatic hydroxyl groups is 1. The Bertz CT molecular complexity index is 532. The molecule has 106 valence electrons. The summed E-state index contributed by atoms with van der Waals surface area (Å²) >= 11 is 0. The molecular formula is C17H21NO2. The van der Waals surface area contributed by atoms with Gasteiger partial charge in [0, 0.05) is 11.7 Å². The van der Waals surface area contributed by atoms with Crippen LogP contribution in [0.1, 0.15) is 20.8 Å². The summed E-state index contributed by atoms with van der Waals surface area (Å²) < 4.78 is 5.70. The third-order valence-corrected chi connectivity index (χ3v) is 3.32. The molecule has 0 aliphatic rings. The minimum atomic E-state index is 0.236. The molecule has 0 saturated carbocycles. The molecule has 0 radical (unpaired) electrons. The SMILES string of the molecule is CC(C)C(C)Nc1ccc(Oc2ccc(O)cc2)cc1. The molecule has 0 spiro atoms. The van der Waals surface area contributed by atoms with Gasteiger partial charge in [-0.25, -0.2) is 0 Å². The summed E-state index contributed by atoms with van der Waals surface area (Å²) in [6.45, 7) is 6.56. The fourth-order valence-corrected chi connectivity index (χ4v) is 1.70. The Morgan fingerprint density at radius 2 is 1.35 bits per heavy atom. The summed E-state index contributed by atoms with van der Waals surface area (Å²) in [5.74, 6) is 2.31. The summed E-state index contributed by atoms with van der Waals surface area (Å²) in [6, 6.07) is 15.0. The number of ether oxygens (including phenoxy) is 1. The van der Waals surface area contributed by atoms with Gasteiger partial charge in [0.15, 0.2) is 0 Å². The van der Waals surface area contributed by atoms with Gasteiger partial charge < -0.3 is 15.2 Å². The van der Waals surface area contributed by atoms with Gasteiger partial charge in [-0.2, -0.15) is 0 Å². The molecule has 3 nitrogen and oxygen atoms in total. The molecule has 1 atom stereocenters. The molecular weight excluding hydrogens is 250 g/mol. The number of anilines is 1. The van der Waals surface area contributed by atoms with Gasteiger partial charge in [-0.3, -0.25) is 0 Å². The van der Waals surface area contributed by atoms with Crippen molar-refractivity contribution in [2.45, 2.75) is 26.8 Å². The lowest BCUT2D eigenvalue weighted by Crippen LogP contribution is -2.21. The van der Waals surface area contributed by atoms with E-state index in [0.29, 0.717) is 17.7 Å². The summed E-state index contributed by atoms with van der Waals surface area (Å²) in [6.07, 6.45) is 0. The van der Waals surface area contributed by atoms with Gasteiger partial charge in [-0.15, -0.1) is 0 Å². The van der Waals surface area contributed by atoms with Crippen LogP contribution in [-0.2, 0) is 0 Å². The van der Waals surface area contributed by atoms with Crippen molar-refractivity contribution in [3.63, 3.8) is 0 Å². The van der Waals surface area contributed by atoms with Crippen LogP contribution in [0.2, 0.25) is 0 Å². The van der Waals surface area contributed by atoms with Crippen molar-refractivity contribution < 1.29 is 9.84 Å². The monoisotopic (exact) mass is 271 g/mol. The molecule has 20 heavy (non-hydrogen) atoms. The van der Waals surface area contributed by atoms with Crippen LogP contribution in [0, 0.1) is 5.92 Å². The summed E-state index contributed by atoms with van der Waals surface area (Å²) in [7, 11) is 0. The number of phenols is 1. The maximum absolute atomic E-state index is 9.22. The highest BCUT2D eigenvalue weighted by molar-refractivity contribution is 5.48. The molecule has 0 aromatic heterocycles. The van der Waals surface area contributed by atoms with Crippen LogP contribution in [0.4, 0.5) is 5.69 Å². The van der Waals surface area contributed by atoms with Crippen LogP contribution >= 0.6 is 0 Å².